The molecule has 0 spiro atoms. The third kappa shape index (κ3) is 3.60. The zero-order valence-corrected chi connectivity index (χ0v) is 15.6. The van der Waals surface area contributed by atoms with Crippen molar-refractivity contribution >= 4 is 28.3 Å². The van der Waals surface area contributed by atoms with Gasteiger partial charge in [-0.15, -0.1) is 0 Å². The summed E-state index contributed by atoms with van der Waals surface area (Å²) in [6, 6.07) is 23.0. The Morgan fingerprint density at radius 3 is 2.45 bits per heavy atom. The Balaban J connectivity index is 1.31. The number of benzene rings is 3. The molecule has 0 unspecified atom stereocenters. The maximum absolute atomic E-state index is 12.4. The summed E-state index contributed by atoms with van der Waals surface area (Å²) < 4.78 is 11.1. The van der Waals surface area contributed by atoms with Gasteiger partial charge in [0, 0.05) is 39.6 Å². The van der Waals surface area contributed by atoms with Crippen LogP contribution in [0.15, 0.2) is 72.8 Å². The molecule has 6 nitrogen and oxygen atoms in total. The lowest BCUT2D eigenvalue weighted by Crippen LogP contribution is -2.20. The largest absolute Gasteiger partial charge is 0.486 e. The first kappa shape index (κ1) is 17.2. The summed E-state index contributed by atoms with van der Waals surface area (Å²) >= 11 is 0. The van der Waals surface area contributed by atoms with Crippen LogP contribution in [-0.4, -0.2) is 24.2 Å². The van der Waals surface area contributed by atoms with E-state index in [2.05, 4.69) is 27.8 Å². The molecule has 5 rings (SSSR count). The van der Waals surface area contributed by atoms with E-state index in [1.165, 1.54) is 0 Å². The second-order valence-electron chi connectivity index (χ2n) is 6.79. The van der Waals surface area contributed by atoms with Gasteiger partial charge >= 0.3 is 6.03 Å². The molecule has 2 heterocycles. The van der Waals surface area contributed by atoms with Crippen LogP contribution in [0.1, 0.15) is 0 Å². The lowest BCUT2D eigenvalue weighted by Gasteiger charge is -2.19. The summed E-state index contributed by atoms with van der Waals surface area (Å²) in [4.78, 5) is 15.8. The van der Waals surface area contributed by atoms with Crippen LogP contribution in [0.3, 0.4) is 0 Å². The van der Waals surface area contributed by atoms with Crippen molar-refractivity contribution in [2.75, 3.05) is 23.8 Å². The van der Waals surface area contributed by atoms with Crippen LogP contribution in [0.5, 0.6) is 11.5 Å². The van der Waals surface area contributed by atoms with Gasteiger partial charge in [-0.25, -0.2) is 4.79 Å². The molecule has 4 aromatic rings. The molecule has 29 heavy (non-hydrogen) atoms. The third-order valence-electron chi connectivity index (χ3n) is 4.76. The Labute approximate surface area is 167 Å². The lowest BCUT2D eigenvalue weighted by atomic mass is 10.1. The normalized spacial score (nSPS) is 12.6. The van der Waals surface area contributed by atoms with Crippen LogP contribution in [0.2, 0.25) is 0 Å². The molecule has 0 aliphatic carbocycles. The molecule has 2 amide bonds. The minimum absolute atomic E-state index is 0.324. The van der Waals surface area contributed by atoms with Crippen LogP contribution in [0.25, 0.3) is 22.2 Å². The third-order valence-corrected chi connectivity index (χ3v) is 4.76. The number of amides is 2. The van der Waals surface area contributed by atoms with Gasteiger partial charge in [0.1, 0.15) is 13.2 Å². The predicted octanol–water partition coefficient (Wildman–Crippen LogP) is 5.25. The summed E-state index contributed by atoms with van der Waals surface area (Å²) in [5.41, 5.74) is 4.42. The average Bonchev–Trinajstić information content (AvgIpc) is 3.18. The Hall–Kier alpha value is -3.93. The molecule has 3 aromatic carbocycles. The first-order valence-electron chi connectivity index (χ1n) is 9.40. The molecule has 0 atom stereocenters. The molecule has 1 aromatic heterocycles. The number of nitrogens with one attached hydrogen (secondary N) is 3. The molecule has 0 radical (unpaired) electrons. The molecular formula is C23H19N3O3. The fourth-order valence-corrected chi connectivity index (χ4v) is 3.41. The number of aromatic nitrogens is 1. The molecule has 0 saturated carbocycles. The van der Waals surface area contributed by atoms with E-state index in [4.69, 9.17) is 9.47 Å². The van der Waals surface area contributed by atoms with E-state index in [1.54, 1.807) is 18.2 Å². The number of hydrogen-bond donors (Lipinski definition) is 3. The van der Waals surface area contributed by atoms with E-state index in [1.807, 2.05) is 42.5 Å². The van der Waals surface area contributed by atoms with Gasteiger partial charge in [0.2, 0.25) is 0 Å². The Kier molecular flexibility index (Phi) is 4.29. The van der Waals surface area contributed by atoms with Gasteiger partial charge in [-0.05, 0) is 36.4 Å². The zero-order valence-electron chi connectivity index (χ0n) is 15.6. The summed E-state index contributed by atoms with van der Waals surface area (Å²) in [6.07, 6.45) is 0. The fraction of sp³-hybridized carbons (Fsp3) is 0.0870. The van der Waals surface area contributed by atoms with Crippen molar-refractivity contribution < 1.29 is 14.3 Å². The number of ether oxygens (including phenoxy) is 2. The standard InChI is InChI=1S/C23H19N3O3/c27-23(25-18-8-9-21-22(14-18)29-11-10-28-21)24-17-6-3-5-15(12-17)20-13-16-4-1-2-7-19(16)26-20/h1-9,12-14,26H,10-11H2,(H2,24,25,27). The van der Waals surface area contributed by atoms with Crippen LogP contribution in [0.4, 0.5) is 16.2 Å². The molecule has 0 saturated heterocycles. The van der Waals surface area contributed by atoms with Crippen molar-refractivity contribution in [1.82, 2.24) is 4.98 Å². The molecular weight excluding hydrogens is 366 g/mol. The number of H-pyrrole nitrogens is 1. The molecule has 6 heteroatoms. The number of hydrogen-bond acceptors (Lipinski definition) is 3. The van der Waals surface area contributed by atoms with E-state index in [0.29, 0.717) is 36.1 Å². The maximum Gasteiger partial charge on any atom is 0.323 e. The first-order chi connectivity index (χ1) is 14.2. The smallest absolute Gasteiger partial charge is 0.323 e. The first-order valence-corrected chi connectivity index (χ1v) is 9.40. The maximum atomic E-state index is 12.4. The quantitative estimate of drug-likeness (QED) is 0.451. The number of carbonyl (C=O) groups is 1. The van der Waals surface area contributed by atoms with Crippen molar-refractivity contribution in [3.05, 3.63) is 72.8 Å². The summed E-state index contributed by atoms with van der Waals surface area (Å²) in [6.45, 7) is 1.04. The molecule has 144 valence electrons. The highest BCUT2D eigenvalue weighted by Gasteiger charge is 2.13. The zero-order chi connectivity index (χ0) is 19.6. The van der Waals surface area contributed by atoms with Gasteiger partial charge in [-0.3, -0.25) is 0 Å². The Morgan fingerprint density at radius 2 is 1.59 bits per heavy atom. The van der Waals surface area contributed by atoms with Gasteiger partial charge in [0.15, 0.2) is 11.5 Å². The molecule has 3 N–H and O–H groups in total. The van der Waals surface area contributed by atoms with Crippen molar-refractivity contribution in [3.8, 4) is 22.8 Å². The number of carbonyl (C=O) groups excluding carboxylic acids is 1. The van der Waals surface area contributed by atoms with Crippen molar-refractivity contribution in [3.63, 3.8) is 0 Å². The van der Waals surface area contributed by atoms with Crippen LogP contribution < -0.4 is 20.1 Å². The summed E-state index contributed by atoms with van der Waals surface area (Å²) in [7, 11) is 0. The van der Waals surface area contributed by atoms with E-state index < -0.39 is 0 Å². The van der Waals surface area contributed by atoms with Gasteiger partial charge in [-0.1, -0.05) is 30.3 Å². The molecule has 1 aliphatic heterocycles. The van der Waals surface area contributed by atoms with Crippen LogP contribution in [-0.2, 0) is 0 Å². The minimum atomic E-state index is -0.324. The van der Waals surface area contributed by atoms with Crippen molar-refractivity contribution in [2.24, 2.45) is 0 Å². The van der Waals surface area contributed by atoms with Crippen LogP contribution in [0, 0.1) is 0 Å². The van der Waals surface area contributed by atoms with E-state index in [9.17, 15) is 4.79 Å². The van der Waals surface area contributed by atoms with Gasteiger partial charge in [-0.2, -0.15) is 0 Å². The minimum Gasteiger partial charge on any atom is -0.486 e. The fourth-order valence-electron chi connectivity index (χ4n) is 3.41. The highest BCUT2D eigenvalue weighted by molar-refractivity contribution is 6.00. The number of fused-ring (bicyclic) bond motifs is 2. The predicted molar refractivity (Wildman–Crippen MR) is 114 cm³/mol. The van der Waals surface area contributed by atoms with Crippen LogP contribution >= 0.6 is 0 Å². The van der Waals surface area contributed by atoms with E-state index in [-0.39, 0.29) is 6.03 Å². The van der Waals surface area contributed by atoms with Crippen molar-refractivity contribution in [1.29, 1.82) is 0 Å². The number of rotatable bonds is 3. The molecule has 0 fully saturated rings. The number of para-hydroxylation sites is 1. The van der Waals surface area contributed by atoms with Gasteiger partial charge in [0.25, 0.3) is 0 Å². The highest BCUT2D eigenvalue weighted by Crippen LogP contribution is 2.32. The number of anilines is 2. The van der Waals surface area contributed by atoms with E-state index in [0.717, 1.165) is 22.2 Å². The second kappa shape index (κ2) is 7.24. The molecule has 1 aliphatic rings. The lowest BCUT2D eigenvalue weighted by molar-refractivity contribution is 0.171. The number of urea groups is 1. The van der Waals surface area contributed by atoms with Crippen molar-refractivity contribution in [2.45, 2.75) is 0 Å². The summed E-state index contributed by atoms with van der Waals surface area (Å²) in [5.74, 6) is 1.32. The highest BCUT2D eigenvalue weighted by atomic mass is 16.6. The SMILES string of the molecule is O=C(Nc1cccc(-c2cc3ccccc3[nH]2)c1)Nc1ccc2c(c1)OCCO2. The average molecular weight is 385 g/mol. The van der Waals surface area contributed by atoms with E-state index >= 15 is 0 Å². The topological polar surface area (TPSA) is 75.4 Å². The summed E-state index contributed by atoms with van der Waals surface area (Å²) in [5, 5.41) is 6.86. The second-order valence-corrected chi connectivity index (χ2v) is 6.79. The Bertz CT molecular complexity index is 1170. The number of aromatic amines is 1. The molecule has 0 bridgehead atoms. The van der Waals surface area contributed by atoms with Gasteiger partial charge < -0.3 is 25.1 Å². The van der Waals surface area contributed by atoms with Gasteiger partial charge in [0.05, 0.1) is 0 Å². The Morgan fingerprint density at radius 1 is 0.793 bits per heavy atom. The monoisotopic (exact) mass is 385 g/mol.